The van der Waals surface area contributed by atoms with E-state index in [0.29, 0.717) is 12.2 Å². The maximum Gasteiger partial charge on any atom is 0.315 e. The molecule has 1 fully saturated rings. The predicted molar refractivity (Wildman–Crippen MR) is 72.9 cm³/mol. The number of benzene rings is 1. The summed E-state index contributed by atoms with van der Waals surface area (Å²) in [6.07, 6.45) is 0.484. The number of nitrogens with one attached hydrogen (secondary N) is 1. The monoisotopic (exact) mass is 295 g/mol. The summed E-state index contributed by atoms with van der Waals surface area (Å²) >= 11 is 1.01. The number of hydrogen-bond acceptors (Lipinski definition) is 6. The highest BCUT2D eigenvalue weighted by atomic mass is 32.2. The SMILES string of the molecule is C=C(OOC)Oc1ccc(CC2SC(=O)NC2=O)cc1. The van der Waals surface area contributed by atoms with Gasteiger partial charge in [0.2, 0.25) is 5.91 Å². The lowest BCUT2D eigenvalue weighted by Gasteiger charge is -2.08. The summed E-state index contributed by atoms with van der Waals surface area (Å²) in [5.74, 6) is 0.314. The lowest BCUT2D eigenvalue weighted by Crippen LogP contribution is -2.25. The van der Waals surface area contributed by atoms with Gasteiger partial charge in [-0.1, -0.05) is 23.9 Å². The molecule has 1 saturated heterocycles. The third-order valence-electron chi connectivity index (χ3n) is 2.52. The van der Waals surface area contributed by atoms with Crippen molar-refractivity contribution in [2.45, 2.75) is 11.7 Å². The largest absolute Gasteiger partial charge is 0.425 e. The lowest BCUT2D eigenvalue weighted by atomic mass is 10.1. The van der Waals surface area contributed by atoms with Crippen molar-refractivity contribution in [1.82, 2.24) is 5.32 Å². The summed E-state index contributed by atoms with van der Waals surface area (Å²) in [6.45, 7) is 3.50. The average Bonchev–Trinajstić information content (AvgIpc) is 2.70. The second kappa shape index (κ2) is 6.44. The van der Waals surface area contributed by atoms with E-state index < -0.39 is 0 Å². The highest BCUT2D eigenvalue weighted by Crippen LogP contribution is 2.24. The fourth-order valence-corrected chi connectivity index (χ4v) is 2.54. The first kappa shape index (κ1) is 14.4. The van der Waals surface area contributed by atoms with E-state index in [0.717, 1.165) is 17.3 Å². The first-order valence-corrected chi connectivity index (χ1v) is 6.64. The molecule has 1 aromatic rings. The van der Waals surface area contributed by atoms with Crippen molar-refractivity contribution in [1.29, 1.82) is 0 Å². The van der Waals surface area contributed by atoms with Crippen molar-refractivity contribution < 1.29 is 24.1 Å². The molecule has 1 aromatic carbocycles. The van der Waals surface area contributed by atoms with E-state index in [1.807, 2.05) is 12.1 Å². The molecule has 0 aromatic heterocycles. The fraction of sp³-hybridized carbons (Fsp3) is 0.231. The molecule has 7 heteroatoms. The Morgan fingerprint density at radius 2 is 2.05 bits per heavy atom. The highest BCUT2D eigenvalue weighted by Gasteiger charge is 2.31. The van der Waals surface area contributed by atoms with Crippen molar-refractivity contribution in [3.05, 3.63) is 42.4 Å². The Kier molecular flexibility index (Phi) is 4.65. The summed E-state index contributed by atoms with van der Waals surface area (Å²) in [6, 6.07) is 7.07. The number of carbonyl (C=O) groups excluding carboxylic acids is 2. The van der Waals surface area contributed by atoms with Crippen LogP contribution in [-0.4, -0.2) is 23.5 Å². The van der Waals surface area contributed by atoms with Crippen molar-refractivity contribution in [3.8, 4) is 5.75 Å². The van der Waals surface area contributed by atoms with Gasteiger partial charge in [-0.05, 0) is 30.7 Å². The molecule has 106 valence electrons. The standard InChI is InChI=1S/C13H13NO5S/c1-8(19-17-2)18-10-5-3-9(4-6-10)7-11-12(15)14-13(16)20-11/h3-6,11H,1,7H2,2H3,(H,14,15,16). The van der Waals surface area contributed by atoms with Gasteiger partial charge in [0.05, 0.1) is 12.4 Å². The second-order valence-corrected chi connectivity index (χ2v) is 5.13. The van der Waals surface area contributed by atoms with Crippen molar-refractivity contribution >= 4 is 22.9 Å². The summed E-state index contributed by atoms with van der Waals surface area (Å²) in [4.78, 5) is 31.5. The van der Waals surface area contributed by atoms with Gasteiger partial charge in [-0.15, -0.1) is 0 Å². The first-order chi connectivity index (χ1) is 9.58. The molecule has 0 aliphatic carbocycles. The van der Waals surface area contributed by atoms with Crippen LogP contribution in [0.15, 0.2) is 36.8 Å². The minimum atomic E-state index is -0.374. The molecule has 1 heterocycles. The Labute approximate surface area is 120 Å². The van der Waals surface area contributed by atoms with E-state index in [-0.39, 0.29) is 22.3 Å². The molecule has 20 heavy (non-hydrogen) atoms. The van der Waals surface area contributed by atoms with Crippen LogP contribution < -0.4 is 10.1 Å². The van der Waals surface area contributed by atoms with Crippen LogP contribution in [0.5, 0.6) is 5.75 Å². The second-order valence-electron chi connectivity index (χ2n) is 3.96. The van der Waals surface area contributed by atoms with Gasteiger partial charge in [0.15, 0.2) is 0 Å². The molecule has 1 atom stereocenters. The van der Waals surface area contributed by atoms with Gasteiger partial charge in [-0.25, -0.2) is 0 Å². The zero-order valence-electron chi connectivity index (χ0n) is 10.8. The van der Waals surface area contributed by atoms with Gasteiger partial charge in [0, 0.05) is 0 Å². The Balaban J connectivity index is 1.93. The van der Waals surface area contributed by atoms with Crippen LogP contribution in [0.2, 0.25) is 0 Å². The van der Waals surface area contributed by atoms with E-state index >= 15 is 0 Å². The minimum absolute atomic E-state index is 0.0246. The molecule has 2 rings (SSSR count). The quantitative estimate of drug-likeness (QED) is 0.491. The maximum atomic E-state index is 11.5. The molecular formula is C13H13NO5S. The summed E-state index contributed by atoms with van der Waals surface area (Å²) < 4.78 is 5.24. The van der Waals surface area contributed by atoms with Gasteiger partial charge in [-0.2, -0.15) is 4.89 Å². The third-order valence-corrected chi connectivity index (χ3v) is 3.50. The van der Waals surface area contributed by atoms with Gasteiger partial charge in [-0.3, -0.25) is 19.8 Å². The number of rotatable bonds is 6. The van der Waals surface area contributed by atoms with Gasteiger partial charge in [0.1, 0.15) is 5.75 Å². The molecule has 0 radical (unpaired) electrons. The maximum absolute atomic E-state index is 11.5. The zero-order chi connectivity index (χ0) is 14.5. The van der Waals surface area contributed by atoms with E-state index in [1.54, 1.807) is 12.1 Å². The molecule has 0 saturated carbocycles. The number of amides is 2. The number of ether oxygens (including phenoxy) is 1. The molecule has 0 spiro atoms. The fourth-order valence-electron chi connectivity index (χ4n) is 1.68. The van der Waals surface area contributed by atoms with E-state index in [1.165, 1.54) is 7.11 Å². The molecule has 1 aliphatic heterocycles. The van der Waals surface area contributed by atoms with Crippen LogP contribution in [-0.2, 0) is 21.0 Å². The summed E-state index contributed by atoms with van der Waals surface area (Å²) in [5, 5.41) is 1.58. The Morgan fingerprint density at radius 1 is 1.35 bits per heavy atom. The van der Waals surface area contributed by atoms with Crippen LogP contribution in [0.25, 0.3) is 0 Å². The molecule has 1 aliphatic rings. The van der Waals surface area contributed by atoms with Crippen LogP contribution in [0.3, 0.4) is 0 Å². The molecule has 1 unspecified atom stereocenters. The molecular weight excluding hydrogens is 282 g/mol. The topological polar surface area (TPSA) is 73.9 Å². The van der Waals surface area contributed by atoms with Gasteiger partial charge in [0.25, 0.3) is 5.24 Å². The Bertz CT molecular complexity index is 528. The van der Waals surface area contributed by atoms with Gasteiger partial charge < -0.3 is 4.74 Å². The molecule has 0 bridgehead atoms. The highest BCUT2D eigenvalue weighted by molar-refractivity contribution is 8.15. The van der Waals surface area contributed by atoms with Crippen LogP contribution >= 0.6 is 11.8 Å². The Hall–Kier alpha value is -1.99. The smallest absolute Gasteiger partial charge is 0.315 e. The zero-order valence-corrected chi connectivity index (χ0v) is 11.6. The summed E-state index contributed by atoms with van der Waals surface area (Å²) in [7, 11) is 1.35. The number of hydrogen-bond donors (Lipinski definition) is 1. The van der Waals surface area contributed by atoms with Crippen molar-refractivity contribution in [2.75, 3.05) is 7.11 Å². The van der Waals surface area contributed by atoms with Crippen LogP contribution in [0.4, 0.5) is 4.79 Å². The Morgan fingerprint density at radius 3 is 2.60 bits per heavy atom. The lowest BCUT2D eigenvalue weighted by molar-refractivity contribution is -0.260. The molecule has 2 amide bonds. The van der Waals surface area contributed by atoms with E-state index in [2.05, 4.69) is 21.7 Å². The third kappa shape index (κ3) is 3.75. The first-order valence-electron chi connectivity index (χ1n) is 5.76. The van der Waals surface area contributed by atoms with E-state index in [4.69, 9.17) is 4.74 Å². The van der Waals surface area contributed by atoms with Crippen LogP contribution in [0.1, 0.15) is 5.56 Å². The molecule has 6 nitrogen and oxygen atoms in total. The normalized spacial score (nSPS) is 17.8. The summed E-state index contributed by atoms with van der Waals surface area (Å²) in [5.41, 5.74) is 0.929. The minimum Gasteiger partial charge on any atom is -0.425 e. The number of thioether (sulfide) groups is 1. The average molecular weight is 295 g/mol. The molecule has 1 N–H and O–H groups in total. The predicted octanol–water partition coefficient (Wildman–Crippen LogP) is 2.01. The van der Waals surface area contributed by atoms with Crippen LogP contribution in [0, 0.1) is 0 Å². The van der Waals surface area contributed by atoms with Crippen molar-refractivity contribution in [2.24, 2.45) is 0 Å². The number of imide groups is 1. The van der Waals surface area contributed by atoms with Crippen molar-refractivity contribution in [3.63, 3.8) is 0 Å². The van der Waals surface area contributed by atoms with Gasteiger partial charge >= 0.3 is 5.95 Å². The number of carbonyl (C=O) groups is 2. The van der Waals surface area contributed by atoms with E-state index in [9.17, 15) is 9.59 Å².